The van der Waals surface area contributed by atoms with Crippen LogP contribution in [0.4, 0.5) is 4.79 Å². The molecule has 1 spiro atoms. The van der Waals surface area contributed by atoms with Crippen molar-refractivity contribution in [2.24, 2.45) is 0 Å². The molecule has 3 heterocycles. The van der Waals surface area contributed by atoms with Gasteiger partial charge in [0, 0.05) is 37.5 Å². The van der Waals surface area contributed by atoms with Crippen LogP contribution in [0.5, 0.6) is 0 Å². The molecule has 3 fully saturated rings. The van der Waals surface area contributed by atoms with Crippen LogP contribution >= 0.6 is 11.8 Å². The smallest absolute Gasteiger partial charge is 0.310 e. The highest BCUT2D eigenvalue weighted by molar-refractivity contribution is 7.99. The minimum atomic E-state index is -0.608. The second-order valence-electron chi connectivity index (χ2n) is 8.62. The van der Waals surface area contributed by atoms with Crippen molar-refractivity contribution in [1.82, 2.24) is 14.7 Å². The summed E-state index contributed by atoms with van der Waals surface area (Å²) in [7, 11) is 0. The molecule has 1 unspecified atom stereocenters. The fourth-order valence-corrected chi connectivity index (χ4v) is 7.03. The number of urea groups is 1. The number of carbonyl (C=O) groups excluding carboxylic acids is 2. The maximum atomic E-state index is 13.7. The van der Waals surface area contributed by atoms with Crippen molar-refractivity contribution in [3.8, 4) is 0 Å². The average molecular weight is 400 g/mol. The highest BCUT2D eigenvalue weighted by Gasteiger charge is 2.59. The molecule has 0 N–H and O–H groups in total. The average Bonchev–Trinajstić information content (AvgIpc) is 3.42. The van der Waals surface area contributed by atoms with Crippen LogP contribution < -0.4 is 0 Å². The lowest BCUT2D eigenvalue weighted by Gasteiger charge is -2.43. The van der Waals surface area contributed by atoms with E-state index in [1.165, 1.54) is 29.1 Å². The van der Waals surface area contributed by atoms with Crippen molar-refractivity contribution in [2.75, 3.05) is 31.1 Å². The summed E-state index contributed by atoms with van der Waals surface area (Å²) in [6.45, 7) is 4.48. The number of fused-ring (bicyclic) bond motifs is 1. The molecule has 150 valence electrons. The first kappa shape index (κ1) is 18.5. The van der Waals surface area contributed by atoms with E-state index in [0.717, 1.165) is 38.8 Å². The van der Waals surface area contributed by atoms with E-state index in [1.807, 2.05) is 35.7 Å². The standard InChI is InChI=1S/C22H29N3O2S/c1-2-24-21(27)25(19-13-16-5-3-4-6-17(16)14-19)20(26)22(24)8-10-23(11-9-22)18-7-12-28-15-18/h3-6,18-19H,2,7-15H2,1H3. The molecule has 1 aromatic carbocycles. The van der Waals surface area contributed by atoms with Crippen molar-refractivity contribution < 1.29 is 9.59 Å². The molecule has 5 nitrogen and oxygen atoms in total. The second kappa shape index (κ2) is 7.06. The number of benzene rings is 1. The Kier molecular flexibility index (Phi) is 4.67. The first-order valence-corrected chi connectivity index (χ1v) is 11.8. The molecule has 0 bridgehead atoms. The van der Waals surface area contributed by atoms with E-state index in [9.17, 15) is 9.59 Å². The number of nitrogens with zero attached hydrogens (tertiary/aromatic N) is 3. The van der Waals surface area contributed by atoms with Gasteiger partial charge in [-0.15, -0.1) is 0 Å². The lowest BCUT2D eigenvalue weighted by atomic mass is 9.85. The number of likely N-dealkylation sites (N-methyl/N-ethyl adjacent to an activating group) is 1. The lowest BCUT2D eigenvalue weighted by Crippen LogP contribution is -2.58. The monoisotopic (exact) mass is 399 g/mol. The number of rotatable bonds is 3. The van der Waals surface area contributed by atoms with Crippen LogP contribution in [0, 0.1) is 0 Å². The lowest BCUT2D eigenvalue weighted by molar-refractivity contribution is -0.137. The van der Waals surface area contributed by atoms with Crippen molar-refractivity contribution in [3.63, 3.8) is 0 Å². The fourth-order valence-electron chi connectivity index (χ4n) is 5.77. The molecule has 3 aliphatic heterocycles. The van der Waals surface area contributed by atoms with Gasteiger partial charge in [-0.1, -0.05) is 24.3 Å². The Hall–Kier alpha value is -1.53. The van der Waals surface area contributed by atoms with Gasteiger partial charge in [0.15, 0.2) is 0 Å². The van der Waals surface area contributed by atoms with Crippen molar-refractivity contribution in [3.05, 3.63) is 35.4 Å². The molecule has 1 atom stereocenters. The Morgan fingerprint density at radius 1 is 1.07 bits per heavy atom. The van der Waals surface area contributed by atoms with Crippen molar-refractivity contribution >= 4 is 23.7 Å². The number of hydrogen-bond donors (Lipinski definition) is 0. The van der Waals surface area contributed by atoms with Gasteiger partial charge in [0.25, 0.3) is 5.91 Å². The van der Waals surface area contributed by atoms with Gasteiger partial charge in [-0.2, -0.15) is 11.8 Å². The zero-order valence-electron chi connectivity index (χ0n) is 16.6. The molecule has 5 rings (SSSR count). The Balaban J connectivity index is 1.36. The maximum Gasteiger partial charge on any atom is 0.327 e. The summed E-state index contributed by atoms with van der Waals surface area (Å²) < 4.78 is 0. The number of carbonyl (C=O) groups is 2. The van der Waals surface area contributed by atoms with Crippen LogP contribution in [0.15, 0.2) is 24.3 Å². The van der Waals surface area contributed by atoms with E-state index in [1.54, 1.807) is 4.90 Å². The molecule has 3 saturated heterocycles. The third-order valence-corrected chi connectivity index (χ3v) is 8.47. The third kappa shape index (κ3) is 2.71. The molecule has 1 aliphatic carbocycles. The molecular formula is C22H29N3O2S. The predicted molar refractivity (Wildman–Crippen MR) is 112 cm³/mol. The minimum absolute atomic E-state index is 0.0184. The summed E-state index contributed by atoms with van der Waals surface area (Å²) in [6, 6.07) is 8.94. The number of likely N-dealkylation sites (tertiary alicyclic amines) is 1. The number of amides is 3. The normalized spacial score (nSPS) is 28.0. The highest BCUT2D eigenvalue weighted by atomic mass is 32.2. The van der Waals surface area contributed by atoms with Crippen molar-refractivity contribution in [1.29, 1.82) is 0 Å². The van der Waals surface area contributed by atoms with Gasteiger partial charge >= 0.3 is 6.03 Å². The summed E-state index contributed by atoms with van der Waals surface area (Å²) in [4.78, 5) is 33.1. The predicted octanol–water partition coefficient (Wildman–Crippen LogP) is 2.78. The Morgan fingerprint density at radius 3 is 2.32 bits per heavy atom. The van der Waals surface area contributed by atoms with E-state index in [-0.39, 0.29) is 18.0 Å². The first-order valence-electron chi connectivity index (χ1n) is 10.7. The molecule has 1 aromatic rings. The largest absolute Gasteiger partial charge is 0.327 e. The highest BCUT2D eigenvalue weighted by Crippen LogP contribution is 2.41. The van der Waals surface area contributed by atoms with Crippen molar-refractivity contribution in [2.45, 2.75) is 56.7 Å². The maximum absolute atomic E-state index is 13.7. The summed E-state index contributed by atoms with van der Waals surface area (Å²) in [6.07, 6.45) is 4.42. The van der Waals surface area contributed by atoms with Crippen LogP contribution in [-0.4, -0.2) is 75.4 Å². The summed E-state index contributed by atoms with van der Waals surface area (Å²) in [5.41, 5.74) is 1.96. The zero-order chi connectivity index (χ0) is 19.3. The van der Waals surface area contributed by atoms with Crippen LogP contribution in [0.25, 0.3) is 0 Å². The fraction of sp³-hybridized carbons (Fsp3) is 0.636. The van der Waals surface area contributed by atoms with Gasteiger partial charge in [-0.25, -0.2) is 4.79 Å². The minimum Gasteiger partial charge on any atom is -0.310 e. The van der Waals surface area contributed by atoms with E-state index < -0.39 is 5.54 Å². The zero-order valence-corrected chi connectivity index (χ0v) is 17.4. The molecule has 0 radical (unpaired) electrons. The molecule has 28 heavy (non-hydrogen) atoms. The Labute approximate surface area is 171 Å². The van der Waals surface area contributed by atoms with Crippen LogP contribution in [-0.2, 0) is 17.6 Å². The van der Waals surface area contributed by atoms with E-state index in [4.69, 9.17) is 0 Å². The van der Waals surface area contributed by atoms with Gasteiger partial charge in [0.2, 0.25) is 0 Å². The number of thioether (sulfide) groups is 1. The van der Waals surface area contributed by atoms with Gasteiger partial charge < -0.3 is 4.90 Å². The molecule has 6 heteroatoms. The quantitative estimate of drug-likeness (QED) is 0.733. The summed E-state index contributed by atoms with van der Waals surface area (Å²) >= 11 is 2.04. The van der Waals surface area contributed by atoms with E-state index in [0.29, 0.717) is 12.6 Å². The van der Waals surface area contributed by atoms with Crippen LogP contribution in [0.2, 0.25) is 0 Å². The Morgan fingerprint density at radius 2 is 1.75 bits per heavy atom. The molecule has 3 amide bonds. The molecular weight excluding hydrogens is 370 g/mol. The summed E-state index contributed by atoms with van der Waals surface area (Å²) in [5.74, 6) is 2.53. The van der Waals surface area contributed by atoms with Gasteiger partial charge in [0.05, 0.1) is 0 Å². The second-order valence-corrected chi connectivity index (χ2v) is 9.77. The molecule has 4 aliphatic rings. The van der Waals surface area contributed by atoms with E-state index >= 15 is 0 Å². The SMILES string of the molecule is CCN1C(=O)N(C2Cc3ccccc3C2)C(=O)C12CCN(C1CCSC1)CC2. The summed E-state index contributed by atoms with van der Waals surface area (Å²) in [5, 5.41) is 0. The van der Waals surface area contributed by atoms with Gasteiger partial charge in [-0.3, -0.25) is 14.6 Å². The van der Waals surface area contributed by atoms with Gasteiger partial charge in [0.1, 0.15) is 5.54 Å². The van der Waals surface area contributed by atoms with Crippen LogP contribution in [0.3, 0.4) is 0 Å². The number of imide groups is 1. The number of piperidine rings is 1. The third-order valence-electron chi connectivity index (χ3n) is 7.33. The molecule has 0 saturated carbocycles. The van der Waals surface area contributed by atoms with Crippen LogP contribution in [0.1, 0.15) is 37.3 Å². The molecule has 0 aromatic heterocycles. The van der Waals surface area contributed by atoms with Gasteiger partial charge in [-0.05, 0) is 55.9 Å². The van der Waals surface area contributed by atoms with E-state index in [2.05, 4.69) is 17.0 Å². The topological polar surface area (TPSA) is 43.9 Å². The Bertz CT molecular complexity index is 759. The number of hydrogen-bond acceptors (Lipinski definition) is 4. The first-order chi connectivity index (χ1) is 13.6.